The molecule has 2 unspecified atom stereocenters. The van der Waals surface area contributed by atoms with E-state index in [-0.39, 0.29) is 5.82 Å². The van der Waals surface area contributed by atoms with Crippen molar-refractivity contribution in [3.05, 3.63) is 35.6 Å². The lowest BCUT2D eigenvalue weighted by atomic mass is 10.0. The van der Waals surface area contributed by atoms with E-state index in [1.54, 1.807) is 12.1 Å². The second-order valence-corrected chi connectivity index (χ2v) is 5.47. The molecule has 2 fully saturated rings. The van der Waals surface area contributed by atoms with Crippen LogP contribution in [0.25, 0.3) is 0 Å². The smallest absolute Gasteiger partial charge is 0.127 e. The minimum Gasteiger partial charge on any atom is -0.312 e. The van der Waals surface area contributed by atoms with Gasteiger partial charge in [-0.3, -0.25) is 4.90 Å². The van der Waals surface area contributed by atoms with Crippen LogP contribution in [0.4, 0.5) is 4.39 Å². The zero-order valence-corrected chi connectivity index (χ0v) is 10.7. The van der Waals surface area contributed by atoms with Crippen molar-refractivity contribution in [2.24, 2.45) is 0 Å². The molecule has 1 N–H and O–H groups in total. The second kappa shape index (κ2) is 5.37. The standard InChI is InChI=1S/C15H21FN2/c16-13-6-2-1-5-12(13)11-18-10-4-8-15(18)14-7-3-9-17-14/h1-2,5-6,14-15,17H,3-4,7-11H2. The van der Waals surface area contributed by atoms with Crippen molar-refractivity contribution in [2.75, 3.05) is 13.1 Å². The predicted octanol–water partition coefficient (Wildman–Crippen LogP) is 2.54. The van der Waals surface area contributed by atoms with Gasteiger partial charge in [-0.25, -0.2) is 4.39 Å². The van der Waals surface area contributed by atoms with Crippen molar-refractivity contribution in [3.8, 4) is 0 Å². The Morgan fingerprint density at radius 3 is 2.89 bits per heavy atom. The molecule has 0 bridgehead atoms. The van der Waals surface area contributed by atoms with Gasteiger partial charge in [-0.05, 0) is 44.8 Å². The summed E-state index contributed by atoms with van der Waals surface area (Å²) in [6, 6.07) is 8.39. The maximum Gasteiger partial charge on any atom is 0.127 e. The second-order valence-electron chi connectivity index (χ2n) is 5.47. The van der Waals surface area contributed by atoms with E-state index in [9.17, 15) is 4.39 Å². The van der Waals surface area contributed by atoms with Crippen LogP contribution in [-0.4, -0.2) is 30.1 Å². The zero-order chi connectivity index (χ0) is 12.4. The summed E-state index contributed by atoms with van der Waals surface area (Å²) in [5.41, 5.74) is 0.836. The van der Waals surface area contributed by atoms with Gasteiger partial charge in [0.25, 0.3) is 0 Å². The Balaban J connectivity index is 1.69. The highest BCUT2D eigenvalue weighted by molar-refractivity contribution is 5.17. The molecular formula is C15H21FN2. The highest BCUT2D eigenvalue weighted by Crippen LogP contribution is 2.26. The molecule has 0 aromatic heterocycles. The van der Waals surface area contributed by atoms with Crippen LogP contribution in [0.5, 0.6) is 0 Å². The SMILES string of the molecule is Fc1ccccc1CN1CCCC1C1CCCN1. The number of rotatable bonds is 3. The van der Waals surface area contributed by atoms with Crippen LogP contribution in [0.2, 0.25) is 0 Å². The molecule has 3 rings (SSSR count). The van der Waals surface area contributed by atoms with Crippen LogP contribution < -0.4 is 5.32 Å². The van der Waals surface area contributed by atoms with Crippen LogP contribution >= 0.6 is 0 Å². The van der Waals surface area contributed by atoms with Gasteiger partial charge in [-0.1, -0.05) is 18.2 Å². The summed E-state index contributed by atoms with van der Waals surface area (Å²) in [4.78, 5) is 2.46. The minimum absolute atomic E-state index is 0.0671. The lowest BCUT2D eigenvalue weighted by molar-refractivity contribution is 0.204. The van der Waals surface area contributed by atoms with Gasteiger partial charge in [0.05, 0.1) is 0 Å². The van der Waals surface area contributed by atoms with Gasteiger partial charge in [0, 0.05) is 24.2 Å². The number of nitrogens with zero attached hydrogens (tertiary/aromatic N) is 1. The molecule has 18 heavy (non-hydrogen) atoms. The summed E-state index contributed by atoms with van der Waals surface area (Å²) >= 11 is 0. The van der Waals surface area contributed by atoms with Gasteiger partial charge in [-0.2, -0.15) is 0 Å². The highest BCUT2D eigenvalue weighted by Gasteiger charge is 2.33. The number of benzene rings is 1. The van der Waals surface area contributed by atoms with Crippen LogP contribution in [0, 0.1) is 5.82 Å². The molecule has 2 saturated heterocycles. The van der Waals surface area contributed by atoms with Crippen LogP contribution in [-0.2, 0) is 6.54 Å². The van der Waals surface area contributed by atoms with Crippen molar-refractivity contribution in [1.29, 1.82) is 0 Å². The summed E-state index contributed by atoms with van der Waals surface area (Å²) in [5, 5.41) is 3.59. The first-order chi connectivity index (χ1) is 8.84. The molecule has 0 spiro atoms. The van der Waals surface area contributed by atoms with Crippen molar-refractivity contribution in [1.82, 2.24) is 10.2 Å². The predicted molar refractivity (Wildman–Crippen MR) is 70.9 cm³/mol. The first-order valence-corrected chi connectivity index (χ1v) is 7.05. The van der Waals surface area contributed by atoms with E-state index in [0.29, 0.717) is 12.1 Å². The summed E-state index contributed by atoms with van der Waals surface area (Å²) in [6.45, 7) is 3.02. The molecule has 1 aromatic rings. The molecule has 98 valence electrons. The fourth-order valence-corrected chi connectivity index (χ4v) is 3.39. The number of hydrogen-bond donors (Lipinski definition) is 1. The molecule has 0 aliphatic carbocycles. The fraction of sp³-hybridized carbons (Fsp3) is 0.600. The zero-order valence-electron chi connectivity index (χ0n) is 10.7. The molecule has 2 aliphatic heterocycles. The fourth-order valence-electron chi connectivity index (χ4n) is 3.39. The maximum absolute atomic E-state index is 13.7. The average molecular weight is 248 g/mol. The van der Waals surface area contributed by atoms with Crippen LogP contribution in [0.3, 0.4) is 0 Å². The Morgan fingerprint density at radius 1 is 1.22 bits per heavy atom. The van der Waals surface area contributed by atoms with Crippen molar-refractivity contribution in [3.63, 3.8) is 0 Å². The minimum atomic E-state index is -0.0671. The molecule has 0 amide bonds. The molecule has 2 heterocycles. The number of hydrogen-bond acceptors (Lipinski definition) is 2. The molecule has 2 atom stereocenters. The Hall–Kier alpha value is -0.930. The highest BCUT2D eigenvalue weighted by atomic mass is 19.1. The van der Waals surface area contributed by atoms with E-state index in [0.717, 1.165) is 25.2 Å². The van der Waals surface area contributed by atoms with E-state index < -0.39 is 0 Å². The molecule has 0 saturated carbocycles. The Kier molecular flexibility index (Phi) is 3.62. The van der Waals surface area contributed by atoms with Crippen LogP contribution in [0.15, 0.2) is 24.3 Å². The topological polar surface area (TPSA) is 15.3 Å². The first-order valence-electron chi connectivity index (χ1n) is 7.05. The first kappa shape index (κ1) is 12.1. The monoisotopic (exact) mass is 248 g/mol. The summed E-state index contributed by atoms with van der Waals surface area (Å²) in [7, 11) is 0. The molecule has 0 radical (unpaired) electrons. The number of halogens is 1. The molecule has 2 nitrogen and oxygen atoms in total. The summed E-state index contributed by atoms with van der Waals surface area (Å²) in [5.74, 6) is -0.0671. The third kappa shape index (κ3) is 2.43. The van der Waals surface area contributed by atoms with Gasteiger partial charge >= 0.3 is 0 Å². The summed E-state index contributed by atoms with van der Waals surface area (Å²) < 4.78 is 13.7. The van der Waals surface area contributed by atoms with Crippen molar-refractivity contribution in [2.45, 2.75) is 44.3 Å². The molecule has 2 aliphatic rings. The van der Waals surface area contributed by atoms with Crippen molar-refractivity contribution < 1.29 is 4.39 Å². The van der Waals surface area contributed by atoms with E-state index >= 15 is 0 Å². The quantitative estimate of drug-likeness (QED) is 0.884. The molecular weight excluding hydrogens is 227 g/mol. The Morgan fingerprint density at radius 2 is 2.11 bits per heavy atom. The molecule has 1 aromatic carbocycles. The number of nitrogens with one attached hydrogen (secondary N) is 1. The van der Waals surface area contributed by atoms with Crippen molar-refractivity contribution >= 4 is 0 Å². The van der Waals surface area contributed by atoms with E-state index in [4.69, 9.17) is 0 Å². The van der Waals surface area contributed by atoms with Gasteiger partial charge < -0.3 is 5.32 Å². The Labute approximate surface area is 108 Å². The lowest BCUT2D eigenvalue weighted by Crippen LogP contribution is -2.43. The normalized spacial score (nSPS) is 28.9. The number of likely N-dealkylation sites (tertiary alicyclic amines) is 1. The maximum atomic E-state index is 13.7. The average Bonchev–Trinajstić information content (AvgIpc) is 3.02. The molecule has 3 heteroatoms. The third-order valence-corrected chi connectivity index (χ3v) is 4.31. The third-order valence-electron chi connectivity index (χ3n) is 4.31. The van der Waals surface area contributed by atoms with Gasteiger partial charge in [0.15, 0.2) is 0 Å². The van der Waals surface area contributed by atoms with E-state index in [2.05, 4.69) is 10.2 Å². The Bertz CT molecular complexity index is 401. The van der Waals surface area contributed by atoms with E-state index in [1.165, 1.54) is 25.7 Å². The van der Waals surface area contributed by atoms with Gasteiger partial charge in [0.1, 0.15) is 5.82 Å². The van der Waals surface area contributed by atoms with Crippen LogP contribution in [0.1, 0.15) is 31.2 Å². The van der Waals surface area contributed by atoms with E-state index in [1.807, 2.05) is 12.1 Å². The lowest BCUT2D eigenvalue weighted by Gasteiger charge is -2.29. The van der Waals surface area contributed by atoms with Gasteiger partial charge in [0.2, 0.25) is 0 Å². The van der Waals surface area contributed by atoms with Gasteiger partial charge in [-0.15, -0.1) is 0 Å². The summed E-state index contributed by atoms with van der Waals surface area (Å²) in [6.07, 6.45) is 5.07. The largest absolute Gasteiger partial charge is 0.312 e.